The second kappa shape index (κ2) is 5.92. The number of carboxylic acid groups (broad SMARTS) is 1. The number of aliphatic carboxylic acids is 1. The Balaban J connectivity index is 2.36. The number of carboxylic acids is 1. The molecule has 2 aromatic rings. The molecule has 0 amide bonds. The maximum Gasteiger partial charge on any atom is 0.330 e. The molecule has 0 saturated heterocycles. The second-order valence-electron chi connectivity index (χ2n) is 4.45. The van der Waals surface area contributed by atoms with Crippen LogP contribution in [0.3, 0.4) is 0 Å². The summed E-state index contributed by atoms with van der Waals surface area (Å²) in [6.07, 6.45) is 0. The molecule has 0 aliphatic heterocycles. The lowest BCUT2D eigenvalue weighted by molar-refractivity contribution is -0.138. The number of aryl methyl sites for hydroxylation is 1. The lowest BCUT2D eigenvalue weighted by Gasteiger charge is -2.17. The second-order valence-corrected chi connectivity index (χ2v) is 4.86. The number of hydrogen-bond acceptors (Lipinski definition) is 2. The first-order valence-corrected chi connectivity index (χ1v) is 6.36. The van der Waals surface area contributed by atoms with E-state index in [-0.39, 0.29) is 0 Å². The van der Waals surface area contributed by atoms with Crippen LogP contribution in [0.4, 0.5) is 10.1 Å². The molecule has 2 aromatic carbocycles. The van der Waals surface area contributed by atoms with Crippen molar-refractivity contribution < 1.29 is 14.3 Å². The molecule has 0 aromatic heterocycles. The molecular weight excluding hydrogens is 281 g/mol. The van der Waals surface area contributed by atoms with Crippen LogP contribution < -0.4 is 5.32 Å². The molecule has 0 bridgehead atoms. The van der Waals surface area contributed by atoms with Gasteiger partial charge in [0.15, 0.2) is 6.04 Å². The Morgan fingerprint density at radius 2 is 2.00 bits per heavy atom. The summed E-state index contributed by atoms with van der Waals surface area (Å²) >= 11 is 6.01. The molecule has 0 radical (unpaired) electrons. The normalized spacial score (nSPS) is 11.9. The van der Waals surface area contributed by atoms with E-state index in [4.69, 9.17) is 11.6 Å². The quantitative estimate of drug-likeness (QED) is 0.895. The zero-order valence-corrected chi connectivity index (χ0v) is 11.5. The molecule has 0 spiro atoms. The fraction of sp³-hybridized carbons (Fsp3) is 0.133. The van der Waals surface area contributed by atoms with Crippen LogP contribution in [0.5, 0.6) is 0 Å². The lowest BCUT2D eigenvalue weighted by Crippen LogP contribution is -2.21. The molecule has 5 heteroatoms. The van der Waals surface area contributed by atoms with Crippen molar-refractivity contribution >= 4 is 23.3 Å². The summed E-state index contributed by atoms with van der Waals surface area (Å²) in [4.78, 5) is 11.4. The zero-order chi connectivity index (χ0) is 14.7. The van der Waals surface area contributed by atoms with E-state index < -0.39 is 17.8 Å². The number of anilines is 1. The fourth-order valence-electron chi connectivity index (χ4n) is 1.97. The van der Waals surface area contributed by atoms with Gasteiger partial charge in [-0.15, -0.1) is 0 Å². The number of benzene rings is 2. The van der Waals surface area contributed by atoms with E-state index >= 15 is 0 Å². The molecule has 3 nitrogen and oxygen atoms in total. The smallest absolute Gasteiger partial charge is 0.330 e. The van der Waals surface area contributed by atoms with Gasteiger partial charge in [-0.1, -0.05) is 29.8 Å². The predicted octanol–water partition coefficient (Wildman–Crippen LogP) is 4.03. The first kappa shape index (κ1) is 14.3. The van der Waals surface area contributed by atoms with Crippen LogP contribution in [0, 0.1) is 12.7 Å². The largest absolute Gasteiger partial charge is 0.479 e. The van der Waals surface area contributed by atoms with Crippen LogP contribution in [-0.2, 0) is 4.79 Å². The molecular formula is C15H13ClFNO2. The maximum atomic E-state index is 13.3. The molecule has 2 rings (SSSR count). The highest BCUT2D eigenvalue weighted by atomic mass is 35.5. The van der Waals surface area contributed by atoms with Gasteiger partial charge >= 0.3 is 5.97 Å². The highest BCUT2D eigenvalue weighted by Crippen LogP contribution is 2.27. The fourth-order valence-corrected chi connectivity index (χ4v) is 2.21. The standard InChI is InChI=1S/C15H13ClFNO2/c1-9-6-10(17)8-11(7-9)18-14(15(19)20)12-4-2-3-5-13(12)16/h2-8,14,18H,1H3,(H,19,20). The highest BCUT2D eigenvalue weighted by Gasteiger charge is 2.22. The number of hydrogen-bond donors (Lipinski definition) is 2. The van der Waals surface area contributed by atoms with Gasteiger partial charge in [-0.3, -0.25) is 0 Å². The van der Waals surface area contributed by atoms with E-state index in [0.717, 1.165) is 0 Å². The van der Waals surface area contributed by atoms with Crippen molar-refractivity contribution in [3.8, 4) is 0 Å². The highest BCUT2D eigenvalue weighted by molar-refractivity contribution is 6.31. The molecule has 0 heterocycles. The summed E-state index contributed by atoms with van der Waals surface area (Å²) in [6, 6.07) is 9.93. The monoisotopic (exact) mass is 293 g/mol. The molecule has 104 valence electrons. The molecule has 0 aliphatic carbocycles. The Morgan fingerprint density at radius 1 is 1.30 bits per heavy atom. The Hall–Kier alpha value is -2.07. The van der Waals surface area contributed by atoms with Gasteiger partial charge in [-0.2, -0.15) is 0 Å². The topological polar surface area (TPSA) is 49.3 Å². The molecule has 20 heavy (non-hydrogen) atoms. The van der Waals surface area contributed by atoms with Gasteiger partial charge in [0.2, 0.25) is 0 Å². The predicted molar refractivity (Wildman–Crippen MR) is 76.6 cm³/mol. The summed E-state index contributed by atoms with van der Waals surface area (Å²) in [5.74, 6) is -1.50. The van der Waals surface area contributed by atoms with Crippen molar-refractivity contribution in [2.45, 2.75) is 13.0 Å². The summed E-state index contributed by atoms with van der Waals surface area (Å²) < 4.78 is 13.3. The minimum atomic E-state index is -1.08. The van der Waals surface area contributed by atoms with Gasteiger partial charge in [0.25, 0.3) is 0 Å². The van der Waals surface area contributed by atoms with Crippen LogP contribution in [0.1, 0.15) is 17.2 Å². The molecule has 1 atom stereocenters. The van der Waals surface area contributed by atoms with Gasteiger partial charge in [-0.25, -0.2) is 9.18 Å². The Labute approximate surface area is 121 Å². The summed E-state index contributed by atoms with van der Waals surface area (Å²) in [6.45, 7) is 1.74. The summed E-state index contributed by atoms with van der Waals surface area (Å²) in [7, 11) is 0. The van der Waals surface area contributed by atoms with Gasteiger partial charge in [-0.05, 0) is 36.8 Å². The number of nitrogens with one attached hydrogen (secondary N) is 1. The van der Waals surface area contributed by atoms with Gasteiger partial charge in [0, 0.05) is 16.3 Å². The van der Waals surface area contributed by atoms with Crippen molar-refractivity contribution in [3.63, 3.8) is 0 Å². The third-order valence-corrected chi connectivity index (χ3v) is 3.16. The minimum absolute atomic E-state index is 0.348. The van der Waals surface area contributed by atoms with E-state index in [0.29, 0.717) is 21.8 Å². The van der Waals surface area contributed by atoms with Gasteiger partial charge in [0.1, 0.15) is 5.82 Å². The van der Waals surface area contributed by atoms with Crippen LogP contribution in [0.2, 0.25) is 5.02 Å². The van der Waals surface area contributed by atoms with Crippen molar-refractivity contribution in [1.82, 2.24) is 0 Å². The first-order valence-electron chi connectivity index (χ1n) is 5.98. The van der Waals surface area contributed by atoms with Gasteiger partial charge in [0.05, 0.1) is 0 Å². The third kappa shape index (κ3) is 3.27. The van der Waals surface area contributed by atoms with Crippen molar-refractivity contribution in [3.05, 3.63) is 64.4 Å². The zero-order valence-electron chi connectivity index (χ0n) is 10.7. The average Bonchev–Trinajstić information content (AvgIpc) is 2.35. The van der Waals surface area contributed by atoms with Crippen molar-refractivity contribution in [1.29, 1.82) is 0 Å². The minimum Gasteiger partial charge on any atom is -0.479 e. The Morgan fingerprint density at radius 3 is 2.60 bits per heavy atom. The average molecular weight is 294 g/mol. The van der Waals surface area contributed by atoms with Crippen LogP contribution in [-0.4, -0.2) is 11.1 Å². The van der Waals surface area contributed by atoms with Crippen LogP contribution in [0.25, 0.3) is 0 Å². The third-order valence-electron chi connectivity index (χ3n) is 2.82. The van der Waals surface area contributed by atoms with Gasteiger partial charge < -0.3 is 10.4 Å². The molecule has 0 saturated carbocycles. The van der Waals surface area contributed by atoms with E-state index in [2.05, 4.69) is 5.32 Å². The Bertz CT molecular complexity index is 625. The van der Waals surface area contributed by atoms with Crippen LogP contribution in [0.15, 0.2) is 42.5 Å². The molecule has 2 N–H and O–H groups in total. The van der Waals surface area contributed by atoms with Crippen molar-refractivity contribution in [2.24, 2.45) is 0 Å². The van der Waals surface area contributed by atoms with E-state index in [9.17, 15) is 14.3 Å². The Kier molecular flexibility index (Phi) is 4.25. The molecule has 0 aliphatic rings. The molecule has 1 unspecified atom stereocenters. The van der Waals surface area contributed by atoms with Crippen LogP contribution >= 0.6 is 11.6 Å². The van der Waals surface area contributed by atoms with Crippen molar-refractivity contribution in [2.75, 3.05) is 5.32 Å². The van der Waals surface area contributed by atoms with E-state index in [1.807, 2.05) is 0 Å². The first-order chi connectivity index (χ1) is 9.47. The molecule has 0 fully saturated rings. The number of carbonyl (C=O) groups is 1. The van der Waals surface area contributed by atoms with E-state index in [1.165, 1.54) is 12.1 Å². The van der Waals surface area contributed by atoms with E-state index in [1.54, 1.807) is 37.3 Å². The summed E-state index contributed by atoms with van der Waals surface area (Å²) in [5.41, 5.74) is 1.54. The SMILES string of the molecule is Cc1cc(F)cc(NC(C(=O)O)c2ccccc2Cl)c1. The lowest BCUT2D eigenvalue weighted by atomic mass is 10.1. The number of rotatable bonds is 4. The number of halogens is 2. The maximum absolute atomic E-state index is 13.3. The summed E-state index contributed by atoms with van der Waals surface area (Å²) in [5, 5.41) is 12.5.